The first-order chi connectivity index (χ1) is 8.38. The number of alkyl halides is 3. The average molecular weight is 252 g/mol. The molecule has 1 aromatic heterocycles. The number of hydrogen-bond acceptors (Lipinski definition) is 2. The first kappa shape index (κ1) is 12.4. The van der Waals surface area contributed by atoms with Crippen molar-refractivity contribution in [2.75, 3.05) is 5.73 Å². The predicted molar refractivity (Wildman–Crippen MR) is 63.8 cm³/mol. The van der Waals surface area contributed by atoms with E-state index in [1.54, 1.807) is 18.3 Å². The third kappa shape index (κ3) is 2.45. The standard InChI is InChI=1S/C13H11F3N2/c1-8-4-10(7-18-6-8)9-2-3-12(17)11(5-9)13(14,15)16/h2-7H,17H2,1H3. The largest absolute Gasteiger partial charge is 0.418 e. The molecule has 94 valence electrons. The van der Waals surface area contributed by atoms with E-state index in [0.717, 1.165) is 11.6 Å². The van der Waals surface area contributed by atoms with Gasteiger partial charge in [0, 0.05) is 23.6 Å². The van der Waals surface area contributed by atoms with Gasteiger partial charge in [0.05, 0.1) is 5.56 Å². The molecule has 0 spiro atoms. The van der Waals surface area contributed by atoms with Gasteiger partial charge in [-0.3, -0.25) is 4.98 Å². The number of benzene rings is 1. The van der Waals surface area contributed by atoms with Crippen LogP contribution in [0.3, 0.4) is 0 Å². The Kier molecular flexibility index (Phi) is 2.98. The van der Waals surface area contributed by atoms with Crippen LogP contribution in [0.2, 0.25) is 0 Å². The van der Waals surface area contributed by atoms with Gasteiger partial charge < -0.3 is 5.73 Å². The van der Waals surface area contributed by atoms with Crippen LogP contribution in [0.5, 0.6) is 0 Å². The summed E-state index contributed by atoms with van der Waals surface area (Å²) in [6.07, 6.45) is -1.28. The van der Waals surface area contributed by atoms with Gasteiger partial charge in [-0.25, -0.2) is 0 Å². The molecule has 2 rings (SSSR count). The number of nitrogen functional groups attached to an aromatic ring is 1. The molecule has 0 saturated heterocycles. The highest BCUT2D eigenvalue weighted by atomic mass is 19.4. The van der Waals surface area contributed by atoms with Crippen molar-refractivity contribution in [3.63, 3.8) is 0 Å². The van der Waals surface area contributed by atoms with E-state index in [-0.39, 0.29) is 5.69 Å². The van der Waals surface area contributed by atoms with Crippen LogP contribution < -0.4 is 5.73 Å². The Morgan fingerprint density at radius 1 is 1.06 bits per heavy atom. The summed E-state index contributed by atoms with van der Waals surface area (Å²) in [7, 11) is 0. The van der Waals surface area contributed by atoms with E-state index < -0.39 is 11.7 Å². The maximum absolute atomic E-state index is 12.7. The zero-order chi connectivity index (χ0) is 13.3. The van der Waals surface area contributed by atoms with Gasteiger partial charge in [-0.1, -0.05) is 6.07 Å². The van der Waals surface area contributed by atoms with E-state index in [1.807, 2.05) is 6.92 Å². The average Bonchev–Trinajstić information content (AvgIpc) is 2.28. The minimum atomic E-state index is -4.45. The number of rotatable bonds is 1. The lowest BCUT2D eigenvalue weighted by molar-refractivity contribution is -0.136. The van der Waals surface area contributed by atoms with Crippen molar-refractivity contribution in [3.05, 3.63) is 47.8 Å². The topological polar surface area (TPSA) is 38.9 Å². The maximum atomic E-state index is 12.7. The molecule has 18 heavy (non-hydrogen) atoms. The second kappa shape index (κ2) is 4.33. The molecule has 1 aromatic carbocycles. The molecular weight excluding hydrogens is 241 g/mol. The molecule has 0 saturated carbocycles. The SMILES string of the molecule is Cc1cncc(-c2ccc(N)c(C(F)(F)F)c2)c1. The number of hydrogen-bond donors (Lipinski definition) is 1. The maximum Gasteiger partial charge on any atom is 0.418 e. The van der Waals surface area contributed by atoms with Gasteiger partial charge in [0.15, 0.2) is 0 Å². The monoisotopic (exact) mass is 252 g/mol. The fraction of sp³-hybridized carbons (Fsp3) is 0.154. The first-order valence-corrected chi connectivity index (χ1v) is 5.26. The summed E-state index contributed by atoms with van der Waals surface area (Å²) >= 11 is 0. The molecule has 0 aliphatic heterocycles. The van der Waals surface area contributed by atoms with Crippen LogP contribution in [0.25, 0.3) is 11.1 Å². The minimum absolute atomic E-state index is 0.271. The summed E-state index contributed by atoms with van der Waals surface area (Å²) in [4.78, 5) is 3.96. The summed E-state index contributed by atoms with van der Waals surface area (Å²) < 4.78 is 38.2. The van der Waals surface area contributed by atoms with Crippen LogP contribution in [-0.4, -0.2) is 4.98 Å². The molecule has 2 nitrogen and oxygen atoms in total. The Morgan fingerprint density at radius 3 is 2.39 bits per heavy atom. The fourth-order valence-electron chi connectivity index (χ4n) is 1.69. The molecule has 0 radical (unpaired) electrons. The van der Waals surface area contributed by atoms with Crippen molar-refractivity contribution in [2.24, 2.45) is 0 Å². The van der Waals surface area contributed by atoms with Crippen molar-refractivity contribution in [2.45, 2.75) is 13.1 Å². The normalized spacial score (nSPS) is 11.6. The van der Waals surface area contributed by atoms with Gasteiger partial charge in [0.2, 0.25) is 0 Å². The summed E-state index contributed by atoms with van der Waals surface area (Å²) in [5.41, 5.74) is 6.24. The quantitative estimate of drug-likeness (QED) is 0.786. The van der Waals surface area contributed by atoms with E-state index >= 15 is 0 Å². The van der Waals surface area contributed by atoms with E-state index in [0.29, 0.717) is 11.1 Å². The highest BCUT2D eigenvalue weighted by molar-refractivity contribution is 5.68. The smallest absolute Gasteiger partial charge is 0.398 e. The molecule has 0 unspecified atom stereocenters. The van der Waals surface area contributed by atoms with E-state index in [2.05, 4.69) is 4.98 Å². The van der Waals surface area contributed by atoms with Crippen LogP contribution in [0.4, 0.5) is 18.9 Å². The Balaban J connectivity index is 2.54. The third-order valence-corrected chi connectivity index (χ3v) is 2.57. The van der Waals surface area contributed by atoms with Crippen LogP contribution >= 0.6 is 0 Å². The molecular formula is C13H11F3N2. The van der Waals surface area contributed by atoms with E-state index in [9.17, 15) is 13.2 Å². The van der Waals surface area contributed by atoms with E-state index in [4.69, 9.17) is 5.73 Å². The molecule has 0 aliphatic carbocycles. The Hall–Kier alpha value is -2.04. The van der Waals surface area contributed by atoms with Crippen molar-refractivity contribution in [1.82, 2.24) is 4.98 Å². The Morgan fingerprint density at radius 2 is 1.78 bits per heavy atom. The molecule has 0 fully saturated rings. The summed E-state index contributed by atoms with van der Waals surface area (Å²) in [5, 5.41) is 0. The minimum Gasteiger partial charge on any atom is -0.398 e. The highest BCUT2D eigenvalue weighted by Crippen LogP contribution is 2.36. The number of nitrogens with two attached hydrogens (primary N) is 1. The molecule has 0 amide bonds. The number of anilines is 1. The van der Waals surface area contributed by atoms with Gasteiger partial charge in [-0.2, -0.15) is 13.2 Å². The van der Waals surface area contributed by atoms with Crippen molar-refractivity contribution in [1.29, 1.82) is 0 Å². The predicted octanol–water partition coefficient (Wildman–Crippen LogP) is 3.66. The number of aromatic nitrogens is 1. The zero-order valence-electron chi connectivity index (χ0n) is 9.62. The molecule has 2 aromatic rings. The highest BCUT2D eigenvalue weighted by Gasteiger charge is 2.33. The van der Waals surface area contributed by atoms with Gasteiger partial charge in [-0.15, -0.1) is 0 Å². The number of nitrogens with zero attached hydrogens (tertiary/aromatic N) is 1. The lowest BCUT2D eigenvalue weighted by Gasteiger charge is -2.12. The van der Waals surface area contributed by atoms with Crippen LogP contribution in [0, 0.1) is 6.92 Å². The van der Waals surface area contributed by atoms with Crippen molar-refractivity contribution >= 4 is 5.69 Å². The van der Waals surface area contributed by atoms with Crippen LogP contribution in [0.15, 0.2) is 36.7 Å². The summed E-state index contributed by atoms with van der Waals surface area (Å²) in [6, 6.07) is 5.64. The number of pyridine rings is 1. The van der Waals surface area contributed by atoms with Gasteiger partial charge in [-0.05, 0) is 36.2 Å². The molecule has 5 heteroatoms. The van der Waals surface area contributed by atoms with Crippen molar-refractivity contribution in [3.8, 4) is 11.1 Å². The van der Waals surface area contributed by atoms with Crippen molar-refractivity contribution < 1.29 is 13.2 Å². The second-order valence-corrected chi connectivity index (χ2v) is 4.05. The number of halogens is 3. The summed E-state index contributed by atoms with van der Waals surface area (Å²) in [6.45, 7) is 1.83. The first-order valence-electron chi connectivity index (χ1n) is 5.26. The number of aryl methyl sites for hydroxylation is 1. The lowest BCUT2D eigenvalue weighted by atomic mass is 10.0. The fourth-order valence-corrected chi connectivity index (χ4v) is 1.69. The second-order valence-electron chi connectivity index (χ2n) is 4.05. The molecule has 0 atom stereocenters. The van der Waals surface area contributed by atoms with Gasteiger partial charge >= 0.3 is 6.18 Å². The molecule has 1 heterocycles. The van der Waals surface area contributed by atoms with Gasteiger partial charge in [0.25, 0.3) is 0 Å². The molecule has 0 bridgehead atoms. The zero-order valence-corrected chi connectivity index (χ0v) is 9.62. The lowest BCUT2D eigenvalue weighted by Crippen LogP contribution is -2.08. The molecule has 0 aliphatic rings. The van der Waals surface area contributed by atoms with E-state index in [1.165, 1.54) is 12.3 Å². The summed E-state index contributed by atoms with van der Waals surface area (Å²) in [5.74, 6) is 0. The Labute approximate surface area is 102 Å². The van der Waals surface area contributed by atoms with Crippen LogP contribution in [-0.2, 0) is 6.18 Å². The van der Waals surface area contributed by atoms with Crippen LogP contribution in [0.1, 0.15) is 11.1 Å². The van der Waals surface area contributed by atoms with Gasteiger partial charge in [0.1, 0.15) is 0 Å². The third-order valence-electron chi connectivity index (χ3n) is 2.57. The Bertz CT molecular complexity index is 577. The molecule has 2 N–H and O–H groups in total.